The summed E-state index contributed by atoms with van der Waals surface area (Å²) in [6.45, 7) is 1.57. The lowest BCUT2D eigenvalue weighted by molar-refractivity contribution is 0.598. The van der Waals surface area contributed by atoms with E-state index in [1.54, 1.807) is 25.4 Å². The highest BCUT2D eigenvalue weighted by molar-refractivity contribution is 7.89. The van der Waals surface area contributed by atoms with Gasteiger partial charge in [0, 0.05) is 43.8 Å². The molecule has 0 saturated heterocycles. The minimum Gasteiger partial charge on any atom is -0.362 e. The molecule has 10 heteroatoms. The normalized spacial score (nSPS) is 11.9. The van der Waals surface area contributed by atoms with Crippen LogP contribution < -0.4 is 10.0 Å². The number of rotatable bonds is 3. The molecule has 0 fully saturated rings. The van der Waals surface area contributed by atoms with Crippen molar-refractivity contribution in [1.29, 1.82) is 0 Å². The fraction of sp³-hybridized carbons (Fsp3) is 0.214. The molecule has 0 aromatic carbocycles. The van der Waals surface area contributed by atoms with Gasteiger partial charge >= 0.3 is 0 Å². The van der Waals surface area contributed by atoms with Crippen molar-refractivity contribution in [3.05, 3.63) is 35.4 Å². The minimum absolute atomic E-state index is 0.0758. The molecular formula is C14H15ClN6O2S. The summed E-state index contributed by atoms with van der Waals surface area (Å²) in [6.07, 6.45) is 4.86. The predicted octanol–water partition coefficient (Wildman–Crippen LogP) is 1.47. The van der Waals surface area contributed by atoms with Crippen molar-refractivity contribution in [2.24, 2.45) is 5.14 Å². The van der Waals surface area contributed by atoms with Gasteiger partial charge in [-0.25, -0.2) is 28.0 Å². The van der Waals surface area contributed by atoms with Gasteiger partial charge in [-0.1, -0.05) is 11.6 Å². The molecule has 0 unspecified atom stereocenters. The van der Waals surface area contributed by atoms with Gasteiger partial charge in [-0.2, -0.15) is 5.10 Å². The van der Waals surface area contributed by atoms with Gasteiger partial charge < -0.3 is 4.90 Å². The molecule has 0 radical (unpaired) electrons. The van der Waals surface area contributed by atoms with E-state index in [2.05, 4.69) is 15.1 Å². The summed E-state index contributed by atoms with van der Waals surface area (Å²) in [5, 5.41) is 9.90. The van der Waals surface area contributed by atoms with Crippen LogP contribution in [0.1, 0.15) is 5.69 Å². The van der Waals surface area contributed by atoms with Crippen molar-refractivity contribution >= 4 is 33.1 Å². The lowest BCUT2D eigenvalue weighted by atomic mass is 10.1. The molecule has 3 aromatic heterocycles. The smallest absolute Gasteiger partial charge is 0.243 e. The molecule has 8 nitrogen and oxygen atoms in total. The first-order valence-electron chi connectivity index (χ1n) is 6.89. The molecule has 3 heterocycles. The Kier molecular flexibility index (Phi) is 3.94. The third-order valence-electron chi connectivity index (χ3n) is 3.46. The van der Waals surface area contributed by atoms with Gasteiger partial charge in [0.15, 0.2) is 5.65 Å². The lowest BCUT2D eigenvalue weighted by Gasteiger charge is -2.13. The largest absolute Gasteiger partial charge is 0.362 e. The predicted molar refractivity (Wildman–Crippen MR) is 91.7 cm³/mol. The topological polar surface area (TPSA) is 106 Å². The maximum atomic E-state index is 11.7. The molecule has 0 aliphatic rings. The Morgan fingerprint density at radius 3 is 2.46 bits per heavy atom. The SMILES string of the molecule is Cc1nn2cc(-c3cnc(N(C)C)c(Cl)c3)cnc2c1S(N)(=O)=O. The minimum atomic E-state index is -3.90. The second kappa shape index (κ2) is 5.69. The van der Waals surface area contributed by atoms with E-state index in [9.17, 15) is 8.42 Å². The highest BCUT2D eigenvalue weighted by Gasteiger charge is 2.21. The molecular weight excluding hydrogens is 352 g/mol. The summed E-state index contributed by atoms with van der Waals surface area (Å²) >= 11 is 6.24. The van der Waals surface area contributed by atoms with Crippen LogP contribution in [0.2, 0.25) is 5.02 Å². The standard InChI is InChI=1S/C14H15ClN6O2S/c1-8-12(24(16,22)23)14-18-6-10(7-21(14)19-8)9-4-11(15)13(17-5-9)20(2)3/h4-7H,1-3H3,(H2,16,22,23). The van der Waals surface area contributed by atoms with Crippen LogP contribution in [0.4, 0.5) is 5.82 Å². The van der Waals surface area contributed by atoms with Crippen LogP contribution in [0.15, 0.2) is 29.6 Å². The summed E-state index contributed by atoms with van der Waals surface area (Å²) < 4.78 is 24.8. The zero-order valence-corrected chi connectivity index (χ0v) is 14.8. The Morgan fingerprint density at radius 2 is 1.88 bits per heavy atom. The number of fused-ring (bicyclic) bond motifs is 1. The van der Waals surface area contributed by atoms with Crippen molar-refractivity contribution in [2.75, 3.05) is 19.0 Å². The second-order valence-electron chi connectivity index (χ2n) is 5.49. The molecule has 24 heavy (non-hydrogen) atoms. The van der Waals surface area contributed by atoms with E-state index in [1.165, 1.54) is 10.7 Å². The van der Waals surface area contributed by atoms with Crippen LogP contribution in [0.3, 0.4) is 0 Å². The number of aromatic nitrogens is 4. The van der Waals surface area contributed by atoms with Crippen LogP contribution in [0, 0.1) is 6.92 Å². The second-order valence-corrected chi connectivity index (χ2v) is 7.40. The number of anilines is 1. The fourth-order valence-corrected chi connectivity index (χ4v) is 3.61. The van der Waals surface area contributed by atoms with Crippen LogP contribution in [-0.4, -0.2) is 42.1 Å². The zero-order valence-electron chi connectivity index (χ0n) is 13.2. The Balaban J connectivity index is 2.14. The van der Waals surface area contributed by atoms with Crippen LogP contribution in [-0.2, 0) is 10.0 Å². The van der Waals surface area contributed by atoms with Crippen LogP contribution >= 0.6 is 11.6 Å². The first-order valence-corrected chi connectivity index (χ1v) is 8.82. The summed E-state index contributed by atoms with van der Waals surface area (Å²) in [5.41, 5.74) is 1.92. The van der Waals surface area contributed by atoms with Gasteiger partial charge in [0.1, 0.15) is 10.7 Å². The van der Waals surface area contributed by atoms with Gasteiger partial charge in [-0.15, -0.1) is 0 Å². The van der Waals surface area contributed by atoms with Crippen molar-refractivity contribution in [1.82, 2.24) is 19.6 Å². The van der Waals surface area contributed by atoms with Gasteiger partial charge in [-0.05, 0) is 13.0 Å². The van der Waals surface area contributed by atoms with E-state index >= 15 is 0 Å². The number of hydrogen-bond acceptors (Lipinski definition) is 6. The van der Waals surface area contributed by atoms with Crippen LogP contribution in [0.5, 0.6) is 0 Å². The van der Waals surface area contributed by atoms with E-state index in [0.29, 0.717) is 22.1 Å². The molecule has 0 aliphatic carbocycles. The van der Waals surface area contributed by atoms with Gasteiger partial charge in [0.05, 0.1) is 10.7 Å². The molecule has 0 aliphatic heterocycles. The number of primary sulfonamides is 1. The summed E-state index contributed by atoms with van der Waals surface area (Å²) in [4.78, 5) is 10.2. The maximum Gasteiger partial charge on any atom is 0.243 e. The highest BCUT2D eigenvalue weighted by Crippen LogP contribution is 2.28. The van der Waals surface area contributed by atoms with Crippen molar-refractivity contribution in [3.8, 4) is 11.1 Å². The Labute approximate surface area is 143 Å². The van der Waals surface area contributed by atoms with E-state index in [-0.39, 0.29) is 10.5 Å². The number of nitrogens with two attached hydrogens (primary N) is 1. The fourth-order valence-electron chi connectivity index (χ4n) is 2.42. The van der Waals surface area contributed by atoms with Gasteiger partial charge in [0.2, 0.25) is 10.0 Å². The highest BCUT2D eigenvalue weighted by atomic mass is 35.5. The van der Waals surface area contributed by atoms with E-state index < -0.39 is 10.0 Å². The molecule has 2 N–H and O–H groups in total. The Hall–Kier alpha value is -2.23. The number of hydrogen-bond donors (Lipinski definition) is 1. The summed E-state index contributed by atoms with van der Waals surface area (Å²) in [6, 6.07) is 1.77. The van der Waals surface area contributed by atoms with Crippen LogP contribution in [0.25, 0.3) is 16.8 Å². The van der Waals surface area contributed by atoms with Crippen molar-refractivity contribution in [3.63, 3.8) is 0 Å². The molecule has 0 atom stereocenters. The van der Waals surface area contributed by atoms with E-state index in [4.69, 9.17) is 16.7 Å². The average Bonchev–Trinajstić information content (AvgIpc) is 2.81. The molecule has 0 amide bonds. The van der Waals surface area contributed by atoms with E-state index in [1.807, 2.05) is 19.0 Å². The van der Waals surface area contributed by atoms with Crippen molar-refractivity contribution in [2.45, 2.75) is 11.8 Å². The lowest BCUT2D eigenvalue weighted by Crippen LogP contribution is -2.13. The van der Waals surface area contributed by atoms with Crippen molar-refractivity contribution < 1.29 is 8.42 Å². The average molecular weight is 367 g/mol. The first-order chi connectivity index (χ1) is 11.2. The molecule has 0 saturated carbocycles. The van der Waals surface area contributed by atoms with Gasteiger partial charge in [0.25, 0.3) is 0 Å². The first kappa shape index (κ1) is 16.6. The Morgan fingerprint density at radius 1 is 1.21 bits per heavy atom. The third kappa shape index (κ3) is 2.81. The maximum absolute atomic E-state index is 11.7. The van der Waals surface area contributed by atoms with E-state index in [0.717, 1.165) is 5.56 Å². The summed E-state index contributed by atoms with van der Waals surface area (Å²) in [7, 11) is -0.201. The molecule has 0 spiro atoms. The molecule has 3 aromatic rings. The zero-order chi connectivity index (χ0) is 17.6. The monoisotopic (exact) mass is 366 g/mol. The number of halogens is 1. The number of pyridine rings is 1. The third-order valence-corrected chi connectivity index (χ3v) is 4.78. The molecule has 126 valence electrons. The summed E-state index contributed by atoms with van der Waals surface area (Å²) in [5.74, 6) is 0.654. The Bertz CT molecular complexity index is 1040. The number of nitrogens with zero attached hydrogens (tertiary/aromatic N) is 5. The molecule has 0 bridgehead atoms. The number of sulfonamides is 1. The van der Waals surface area contributed by atoms with Gasteiger partial charge in [-0.3, -0.25) is 0 Å². The quantitative estimate of drug-likeness (QED) is 0.752. The molecule has 3 rings (SSSR count). The number of aryl methyl sites for hydroxylation is 1.